The molecule has 2 rings (SSSR count). The summed E-state index contributed by atoms with van der Waals surface area (Å²) < 4.78 is 50.9. The molecule has 3 N–H and O–H groups in total. The summed E-state index contributed by atoms with van der Waals surface area (Å²) in [6.07, 6.45) is 1.09. The largest absolute Gasteiger partial charge is 0.396 e. The minimum absolute atomic E-state index is 0.0573. The third kappa shape index (κ3) is 3.52. The van der Waals surface area contributed by atoms with Crippen LogP contribution in [-0.2, 0) is 20.8 Å². The molecule has 0 aliphatic carbocycles. The molecule has 0 atom stereocenters. The van der Waals surface area contributed by atoms with Crippen LogP contribution < -0.4 is 10.5 Å². The number of anilines is 1. The van der Waals surface area contributed by atoms with E-state index in [2.05, 4.69) is 4.72 Å². The number of hydrogen-bond donors (Lipinski definition) is 2. The van der Waals surface area contributed by atoms with Crippen molar-refractivity contribution in [2.24, 2.45) is 0 Å². The van der Waals surface area contributed by atoms with Gasteiger partial charge in [-0.1, -0.05) is 0 Å². The van der Waals surface area contributed by atoms with Crippen molar-refractivity contribution >= 4 is 26.5 Å². The van der Waals surface area contributed by atoms with Gasteiger partial charge in [0.2, 0.25) is 10.0 Å². The lowest BCUT2D eigenvalue weighted by molar-refractivity contribution is 0.521. The van der Waals surface area contributed by atoms with Crippen molar-refractivity contribution in [2.45, 2.75) is 23.8 Å². The number of halogens is 1. The first-order valence-corrected chi connectivity index (χ1v) is 8.78. The van der Waals surface area contributed by atoms with E-state index in [0.29, 0.717) is 24.3 Å². The standard InChI is InChI=1S/C11H15FN2O3S2/c12-10-2-1-9(7-11(10)13)19(16,17)14-8-3-5-18(15)6-4-8/h1-2,7-8,14H,3-6,13H2. The van der Waals surface area contributed by atoms with Gasteiger partial charge in [-0.15, -0.1) is 0 Å². The number of sulfonamides is 1. The summed E-state index contributed by atoms with van der Waals surface area (Å²) >= 11 is 0. The summed E-state index contributed by atoms with van der Waals surface area (Å²) in [5.74, 6) is 0.351. The molecule has 0 bridgehead atoms. The maximum atomic E-state index is 13.0. The third-order valence-electron chi connectivity index (χ3n) is 2.99. The Morgan fingerprint density at radius 2 is 1.95 bits per heavy atom. The molecule has 0 aromatic heterocycles. The maximum absolute atomic E-state index is 13.0. The van der Waals surface area contributed by atoms with Gasteiger partial charge in [-0.25, -0.2) is 17.5 Å². The van der Waals surface area contributed by atoms with Crippen LogP contribution in [0.25, 0.3) is 0 Å². The van der Waals surface area contributed by atoms with E-state index < -0.39 is 26.6 Å². The smallest absolute Gasteiger partial charge is 0.240 e. The lowest BCUT2D eigenvalue weighted by Gasteiger charge is -2.22. The van der Waals surface area contributed by atoms with Crippen LogP contribution in [0.15, 0.2) is 23.1 Å². The summed E-state index contributed by atoms with van der Waals surface area (Å²) in [5, 5.41) is 0. The van der Waals surface area contributed by atoms with E-state index >= 15 is 0 Å². The average Bonchev–Trinajstić information content (AvgIpc) is 2.35. The van der Waals surface area contributed by atoms with E-state index in [1.807, 2.05) is 0 Å². The average molecular weight is 306 g/mol. The summed E-state index contributed by atoms with van der Waals surface area (Å²) in [7, 11) is -4.56. The molecule has 0 unspecified atom stereocenters. The fourth-order valence-corrected chi connectivity index (χ4v) is 4.53. The lowest BCUT2D eigenvalue weighted by atomic mass is 10.2. The van der Waals surface area contributed by atoms with Crippen molar-refractivity contribution in [1.29, 1.82) is 0 Å². The van der Waals surface area contributed by atoms with Gasteiger partial charge in [0.25, 0.3) is 0 Å². The number of nitrogens with two attached hydrogens (primary N) is 1. The predicted octanol–water partition coefficient (Wildman–Crippen LogP) is 0.597. The zero-order valence-electron chi connectivity index (χ0n) is 10.1. The van der Waals surface area contributed by atoms with Gasteiger partial charge < -0.3 is 5.73 Å². The first-order valence-electron chi connectivity index (χ1n) is 5.81. The van der Waals surface area contributed by atoms with Gasteiger partial charge >= 0.3 is 0 Å². The van der Waals surface area contributed by atoms with Crippen LogP contribution in [0.4, 0.5) is 10.1 Å². The highest BCUT2D eigenvalue weighted by atomic mass is 32.2. The number of rotatable bonds is 3. The second-order valence-corrected chi connectivity index (χ2v) is 7.84. The number of benzene rings is 1. The molecule has 5 nitrogen and oxygen atoms in total. The van der Waals surface area contributed by atoms with Gasteiger partial charge in [-0.2, -0.15) is 0 Å². The normalized spacial score (nSPS) is 24.3. The summed E-state index contributed by atoms with van der Waals surface area (Å²) in [5.41, 5.74) is 5.16. The maximum Gasteiger partial charge on any atom is 0.240 e. The second kappa shape index (κ2) is 5.56. The molecule has 106 valence electrons. The van der Waals surface area contributed by atoms with E-state index in [-0.39, 0.29) is 16.6 Å². The molecular formula is C11H15FN2O3S2. The van der Waals surface area contributed by atoms with Gasteiger partial charge in [0, 0.05) is 28.3 Å². The molecule has 1 heterocycles. The Hall–Kier alpha value is -0.990. The van der Waals surface area contributed by atoms with Gasteiger partial charge in [-0.05, 0) is 31.0 Å². The van der Waals surface area contributed by atoms with Gasteiger partial charge in [0.15, 0.2) is 0 Å². The molecule has 1 aromatic rings. The second-order valence-electron chi connectivity index (χ2n) is 4.43. The minimum Gasteiger partial charge on any atom is -0.396 e. The molecule has 19 heavy (non-hydrogen) atoms. The fourth-order valence-electron chi connectivity index (χ4n) is 1.89. The minimum atomic E-state index is -3.71. The van der Waals surface area contributed by atoms with Crippen LogP contribution in [0.2, 0.25) is 0 Å². The van der Waals surface area contributed by atoms with Crippen molar-refractivity contribution in [1.82, 2.24) is 4.72 Å². The molecule has 1 saturated heterocycles. The molecule has 1 aromatic carbocycles. The summed E-state index contributed by atoms with van der Waals surface area (Å²) in [6.45, 7) is 0. The molecule has 8 heteroatoms. The molecule has 0 saturated carbocycles. The number of hydrogen-bond acceptors (Lipinski definition) is 4. The summed E-state index contributed by atoms with van der Waals surface area (Å²) in [4.78, 5) is -0.0573. The molecule has 0 amide bonds. The zero-order valence-corrected chi connectivity index (χ0v) is 11.8. The van der Waals surface area contributed by atoms with Crippen molar-refractivity contribution in [3.8, 4) is 0 Å². The van der Waals surface area contributed by atoms with E-state index in [9.17, 15) is 17.0 Å². The van der Waals surface area contributed by atoms with E-state index in [1.165, 1.54) is 6.07 Å². The molecule has 1 aliphatic rings. The highest BCUT2D eigenvalue weighted by molar-refractivity contribution is 7.89. The Balaban J connectivity index is 2.13. The van der Waals surface area contributed by atoms with E-state index in [0.717, 1.165) is 12.1 Å². The Labute approximate surface area is 113 Å². The first-order chi connectivity index (χ1) is 8.88. The van der Waals surface area contributed by atoms with Gasteiger partial charge in [0.05, 0.1) is 10.6 Å². The Bertz CT molecular complexity index is 594. The lowest BCUT2D eigenvalue weighted by Crippen LogP contribution is -2.39. The van der Waals surface area contributed by atoms with Crippen LogP contribution in [0.3, 0.4) is 0 Å². The molecular weight excluding hydrogens is 291 g/mol. The third-order valence-corrected chi connectivity index (χ3v) is 5.89. The van der Waals surface area contributed by atoms with Crippen molar-refractivity contribution in [3.63, 3.8) is 0 Å². The first kappa shape index (κ1) is 14.4. The molecule has 1 aliphatic heterocycles. The van der Waals surface area contributed by atoms with Crippen LogP contribution >= 0.6 is 0 Å². The molecule has 0 spiro atoms. The van der Waals surface area contributed by atoms with Crippen molar-refractivity contribution in [3.05, 3.63) is 24.0 Å². The van der Waals surface area contributed by atoms with Crippen molar-refractivity contribution < 1.29 is 17.0 Å². The molecule has 1 fully saturated rings. The Kier molecular flexibility index (Phi) is 4.22. The van der Waals surface area contributed by atoms with Crippen LogP contribution in [0.5, 0.6) is 0 Å². The number of nitrogens with one attached hydrogen (secondary N) is 1. The van der Waals surface area contributed by atoms with Crippen molar-refractivity contribution in [2.75, 3.05) is 17.2 Å². The predicted molar refractivity (Wildman–Crippen MR) is 72.0 cm³/mol. The van der Waals surface area contributed by atoms with Crippen LogP contribution in [0, 0.1) is 5.82 Å². The number of nitrogen functional groups attached to an aromatic ring is 1. The molecule has 0 radical (unpaired) electrons. The van der Waals surface area contributed by atoms with E-state index in [1.54, 1.807) is 0 Å². The fraction of sp³-hybridized carbons (Fsp3) is 0.455. The zero-order chi connectivity index (χ0) is 14.0. The van der Waals surface area contributed by atoms with E-state index in [4.69, 9.17) is 5.73 Å². The monoisotopic (exact) mass is 306 g/mol. The van der Waals surface area contributed by atoms with Gasteiger partial charge in [0.1, 0.15) is 5.82 Å². The Morgan fingerprint density at radius 3 is 2.53 bits per heavy atom. The Morgan fingerprint density at radius 1 is 1.32 bits per heavy atom. The van der Waals surface area contributed by atoms with Crippen LogP contribution in [-0.4, -0.2) is 30.2 Å². The quantitative estimate of drug-likeness (QED) is 0.800. The summed E-state index contributed by atoms with van der Waals surface area (Å²) in [6, 6.07) is 3.07. The highest BCUT2D eigenvalue weighted by Gasteiger charge is 2.24. The SMILES string of the molecule is Nc1cc(S(=O)(=O)NC2CCS(=O)CC2)ccc1F. The highest BCUT2D eigenvalue weighted by Crippen LogP contribution is 2.18. The van der Waals surface area contributed by atoms with Crippen LogP contribution in [0.1, 0.15) is 12.8 Å². The topological polar surface area (TPSA) is 89.3 Å². The van der Waals surface area contributed by atoms with Gasteiger partial charge in [-0.3, -0.25) is 4.21 Å².